The Balaban J connectivity index is 2.69. The molecule has 0 amide bonds. The summed E-state index contributed by atoms with van der Waals surface area (Å²) in [6.45, 7) is 2.04. The normalized spacial score (nSPS) is 10.4. The highest BCUT2D eigenvalue weighted by molar-refractivity contribution is 7.98. The molecule has 0 aliphatic rings. The van der Waals surface area contributed by atoms with Crippen LogP contribution in [0.25, 0.3) is 0 Å². The molecule has 0 aliphatic carbocycles. The first-order valence-electron chi connectivity index (χ1n) is 4.22. The zero-order valence-electron chi connectivity index (χ0n) is 7.31. The lowest BCUT2D eigenvalue weighted by Gasteiger charge is -2.01. The first kappa shape index (κ1) is 11.3. The van der Waals surface area contributed by atoms with Gasteiger partial charge in [-0.1, -0.05) is 6.42 Å². The van der Waals surface area contributed by atoms with Gasteiger partial charge in [0.25, 0.3) is 0 Å². The largest absolute Gasteiger partial charge is 0.395 e. The molecule has 0 saturated carbocycles. The van der Waals surface area contributed by atoms with Crippen molar-refractivity contribution in [3.8, 4) is 0 Å². The molecular weight excluding hydrogens is 158 g/mol. The quantitative estimate of drug-likeness (QED) is 0.545. The van der Waals surface area contributed by atoms with E-state index in [-0.39, 0.29) is 6.61 Å². The van der Waals surface area contributed by atoms with Crippen LogP contribution in [0, 0.1) is 0 Å². The van der Waals surface area contributed by atoms with Gasteiger partial charge in [0.15, 0.2) is 0 Å². The maximum Gasteiger partial charge on any atom is 0.0555 e. The van der Waals surface area contributed by atoms with E-state index in [4.69, 9.17) is 5.11 Å². The van der Waals surface area contributed by atoms with Crippen LogP contribution in [0.3, 0.4) is 0 Å². The molecule has 3 heteroatoms. The highest BCUT2D eigenvalue weighted by Gasteiger charge is 1.88. The lowest BCUT2D eigenvalue weighted by atomic mass is 10.2. The topological polar surface area (TPSA) is 32.3 Å². The number of rotatable bonds is 8. The summed E-state index contributed by atoms with van der Waals surface area (Å²) in [7, 11) is 0. The molecule has 0 heterocycles. The van der Waals surface area contributed by atoms with Crippen LogP contribution in [-0.4, -0.2) is 36.8 Å². The van der Waals surface area contributed by atoms with E-state index in [0.717, 1.165) is 13.1 Å². The molecule has 2 N–H and O–H groups in total. The summed E-state index contributed by atoms with van der Waals surface area (Å²) >= 11 is 1.91. The molecule has 0 unspecified atom stereocenters. The van der Waals surface area contributed by atoms with Crippen LogP contribution < -0.4 is 5.32 Å². The van der Waals surface area contributed by atoms with Crippen LogP contribution in [-0.2, 0) is 0 Å². The van der Waals surface area contributed by atoms with Crippen LogP contribution in [0.4, 0.5) is 0 Å². The molecular formula is C8H19NOS. The minimum atomic E-state index is 0.255. The Morgan fingerprint density at radius 2 is 2.00 bits per heavy atom. The van der Waals surface area contributed by atoms with E-state index in [1.165, 1.54) is 25.0 Å². The van der Waals surface area contributed by atoms with Gasteiger partial charge < -0.3 is 10.4 Å². The molecule has 68 valence electrons. The zero-order chi connectivity index (χ0) is 8.36. The van der Waals surface area contributed by atoms with Gasteiger partial charge in [0.1, 0.15) is 0 Å². The van der Waals surface area contributed by atoms with Crippen molar-refractivity contribution in [2.75, 3.05) is 31.7 Å². The van der Waals surface area contributed by atoms with E-state index in [0.29, 0.717) is 0 Å². The molecule has 0 bridgehead atoms. The Morgan fingerprint density at radius 3 is 2.64 bits per heavy atom. The Kier molecular flexibility index (Phi) is 10.5. The van der Waals surface area contributed by atoms with Crippen LogP contribution in [0.2, 0.25) is 0 Å². The maximum atomic E-state index is 8.44. The molecule has 2 nitrogen and oxygen atoms in total. The first-order chi connectivity index (χ1) is 5.41. The minimum Gasteiger partial charge on any atom is -0.395 e. The molecule has 0 aromatic carbocycles. The van der Waals surface area contributed by atoms with Crippen molar-refractivity contribution in [2.24, 2.45) is 0 Å². The van der Waals surface area contributed by atoms with Gasteiger partial charge in [0.05, 0.1) is 6.61 Å². The van der Waals surface area contributed by atoms with Crippen LogP contribution >= 0.6 is 11.8 Å². The summed E-state index contributed by atoms with van der Waals surface area (Å²) in [5.41, 5.74) is 0. The van der Waals surface area contributed by atoms with Gasteiger partial charge in [0.2, 0.25) is 0 Å². The number of unbranched alkanes of at least 4 members (excludes halogenated alkanes) is 2. The molecule has 0 atom stereocenters. The fraction of sp³-hybridized carbons (Fsp3) is 1.00. The Hall–Kier alpha value is 0.270. The van der Waals surface area contributed by atoms with Crippen LogP contribution in [0.15, 0.2) is 0 Å². The van der Waals surface area contributed by atoms with Gasteiger partial charge in [0, 0.05) is 6.54 Å². The van der Waals surface area contributed by atoms with Gasteiger partial charge in [-0.05, 0) is 31.4 Å². The third kappa shape index (κ3) is 10.3. The Morgan fingerprint density at radius 1 is 1.18 bits per heavy atom. The molecule has 0 aromatic rings. The molecule has 0 radical (unpaired) electrons. The summed E-state index contributed by atoms with van der Waals surface area (Å²) in [5.74, 6) is 1.28. The van der Waals surface area contributed by atoms with Crippen molar-refractivity contribution >= 4 is 11.8 Å². The molecule has 0 saturated heterocycles. The predicted molar refractivity (Wildman–Crippen MR) is 52.2 cm³/mol. The molecule has 0 aliphatic heterocycles. The lowest BCUT2D eigenvalue weighted by molar-refractivity contribution is 0.292. The molecule has 0 rings (SSSR count). The fourth-order valence-corrected chi connectivity index (χ4v) is 1.37. The number of thioether (sulfide) groups is 1. The first-order valence-corrected chi connectivity index (χ1v) is 5.61. The zero-order valence-corrected chi connectivity index (χ0v) is 8.12. The summed E-state index contributed by atoms with van der Waals surface area (Å²) in [5, 5.41) is 11.6. The second-order valence-corrected chi connectivity index (χ2v) is 3.51. The van der Waals surface area contributed by atoms with Crippen LogP contribution in [0.5, 0.6) is 0 Å². The predicted octanol–water partition coefficient (Wildman–Crippen LogP) is 1.10. The van der Waals surface area contributed by atoms with E-state index >= 15 is 0 Å². The average Bonchev–Trinajstić information content (AvgIpc) is 2.03. The number of hydrogen-bond acceptors (Lipinski definition) is 3. The molecule has 0 aromatic heterocycles. The van der Waals surface area contributed by atoms with Gasteiger partial charge >= 0.3 is 0 Å². The third-order valence-electron chi connectivity index (χ3n) is 1.49. The van der Waals surface area contributed by atoms with Crippen molar-refractivity contribution in [1.29, 1.82) is 0 Å². The van der Waals surface area contributed by atoms with Crippen molar-refractivity contribution in [1.82, 2.24) is 5.32 Å². The minimum absolute atomic E-state index is 0.255. The molecule has 11 heavy (non-hydrogen) atoms. The number of aliphatic hydroxyl groups excluding tert-OH is 1. The van der Waals surface area contributed by atoms with E-state index in [9.17, 15) is 0 Å². The lowest BCUT2D eigenvalue weighted by Crippen LogP contribution is -2.19. The van der Waals surface area contributed by atoms with E-state index in [1.54, 1.807) is 0 Å². The highest BCUT2D eigenvalue weighted by Crippen LogP contribution is 2.00. The Labute approximate surface area is 73.8 Å². The highest BCUT2D eigenvalue weighted by atomic mass is 32.2. The SMILES string of the molecule is CSCCCCCNCCO. The summed E-state index contributed by atoms with van der Waals surface area (Å²) in [4.78, 5) is 0. The second-order valence-electron chi connectivity index (χ2n) is 2.53. The fourth-order valence-electron chi connectivity index (χ4n) is 0.877. The van der Waals surface area contributed by atoms with E-state index < -0.39 is 0 Å². The number of hydrogen-bond donors (Lipinski definition) is 2. The molecule has 0 fully saturated rings. The van der Waals surface area contributed by atoms with Crippen molar-refractivity contribution in [3.63, 3.8) is 0 Å². The smallest absolute Gasteiger partial charge is 0.0555 e. The van der Waals surface area contributed by atoms with E-state index in [2.05, 4.69) is 11.6 Å². The number of nitrogens with one attached hydrogen (secondary N) is 1. The van der Waals surface area contributed by atoms with Crippen molar-refractivity contribution in [2.45, 2.75) is 19.3 Å². The van der Waals surface area contributed by atoms with Crippen molar-refractivity contribution in [3.05, 3.63) is 0 Å². The maximum absolute atomic E-state index is 8.44. The van der Waals surface area contributed by atoms with Gasteiger partial charge in [-0.15, -0.1) is 0 Å². The summed E-state index contributed by atoms with van der Waals surface area (Å²) in [6, 6.07) is 0. The molecule has 0 spiro atoms. The van der Waals surface area contributed by atoms with Gasteiger partial charge in [-0.3, -0.25) is 0 Å². The van der Waals surface area contributed by atoms with Gasteiger partial charge in [-0.25, -0.2) is 0 Å². The van der Waals surface area contributed by atoms with Crippen LogP contribution in [0.1, 0.15) is 19.3 Å². The summed E-state index contributed by atoms with van der Waals surface area (Å²) in [6.07, 6.45) is 6.01. The summed E-state index contributed by atoms with van der Waals surface area (Å²) < 4.78 is 0. The average molecular weight is 177 g/mol. The second kappa shape index (κ2) is 10.3. The Bertz CT molecular complexity index is 63.1. The number of aliphatic hydroxyl groups is 1. The monoisotopic (exact) mass is 177 g/mol. The standard InChI is InChI=1S/C8H19NOS/c1-11-8-4-2-3-5-9-6-7-10/h9-10H,2-8H2,1H3. The third-order valence-corrected chi connectivity index (χ3v) is 2.19. The van der Waals surface area contributed by atoms with Gasteiger partial charge in [-0.2, -0.15) is 11.8 Å². The van der Waals surface area contributed by atoms with E-state index in [1.807, 2.05) is 11.8 Å². The van der Waals surface area contributed by atoms with Crippen molar-refractivity contribution < 1.29 is 5.11 Å².